The maximum absolute atomic E-state index is 9.60. The van der Waals surface area contributed by atoms with Gasteiger partial charge in [0.1, 0.15) is 23.2 Å². The molecule has 1 aromatic heterocycles. The first kappa shape index (κ1) is 15.1. The second kappa shape index (κ2) is 6.15. The van der Waals surface area contributed by atoms with Crippen LogP contribution in [0, 0.1) is 11.3 Å². The fraction of sp³-hybridized carbons (Fsp3) is 0.211. The number of nitriles is 1. The van der Waals surface area contributed by atoms with Gasteiger partial charge in [-0.2, -0.15) is 5.26 Å². The number of nitrogens with zero attached hydrogens (tertiary/aromatic N) is 2. The van der Waals surface area contributed by atoms with Gasteiger partial charge in [0, 0.05) is 17.5 Å². The van der Waals surface area contributed by atoms with E-state index in [1.807, 2.05) is 61.5 Å². The predicted octanol–water partition coefficient (Wildman–Crippen LogP) is 4.04. The van der Waals surface area contributed by atoms with Gasteiger partial charge < -0.3 is 14.1 Å². The van der Waals surface area contributed by atoms with Crippen molar-refractivity contribution in [3.05, 3.63) is 53.6 Å². The number of methoxy groups -OCH3 is 1. The van der Waals surface area contributed by atoms with Crippen molar-refractivity contribution in [2.75, 3.05) is 21.2 Å². The van der Waals surface area contributed by atoms with Crippen molar-refractivity contribution in [2.24, 2.45) is 0 Å². The molecule has 2 aromatic carbocycles. The molecule has 0 aliphatic heterocycles. The third-order valence-corrected chi connectivity index (χ3v) is 3.74. The van der Waals surface area contributed by atoms with Crippen LogP contribution in [-0.4, -0.2) is 26.1 Å². The molecule has 0 atom stereocenters. The van der Waals surface area contributed by atoms with Gasteiger partial charge in [0.25, 0.3) is 0 Å². The van der Waals surface area contributed by atoms with E-state index in [4.69, 9.17) is 9.15 Å². The second-order valence-electron chi connectivity index (χ2n) is 5.70. The van der Waals surface area contributed by atoms with Crippen LogP contribution in [0.25, 0.3) is 22.3 Å². The molecule has 0 radical (unpaired) electrons. The molecule has 0 aliphatic rings. The minimum Gasteiger partial charge on any atom is -0.497 e. The molecule has 0 bridgehead atoms. The number of fused-ring (bicyclic) bond motifs is 1. The molecule has 3 aromatic rings. The Morgan fingerprint density at radius 1 is 1.17 bits per heavy atom. The molecule has 3 rings (SSSR count). The molecule has 23 heavy (non-hydrogen) atoms. The quantitative estimate of drug-likeness (QED) is 0.730. The lowest BCUT2D eigenvalue weighted by Crippen LogP contribution is -2.12. The minimum atomic E-state index is 0.659. The van der Waals surface area contributed by atoms with Gasteiger partial charge in [-0.3, -0.25) is 0 Å². The van der Waals surface area contributed by atoms with Crippen LogP contribution in [0.3, 0.4) is 0 Å². The molecule has 0 aliphatic carbocycles. The van der Waals surface area contributed by atoms with Crippen molar-refractivity contribution >= 4 is 11.0 Å². The van der Waals surface area contributed by atoms with Crippen molar-refractivity contribution in [1.29, 1.82) is 5.26 Å². The Bertz CT molecular complexity index is 888. The van der Waals surface area contributed by atoms with E-state index in [1.165, 1.54) is 0 Å². The first-order valence-electron chi connectivity index (χ1n) is 7.37. The van der Waals surface area contributed by atoms with E-state index in [2.05, 4.69) is 6.07 Å². The standard InChI is InChI=1S/C19H18N2O2/c1-21(2)12-13-5-4-6-16(17(13)11-20)19-10-14-9-15(22-3)7-8-18(14)23-19/h4-10H,12H2,1-3H3. The van der Waals surface area contributed by atoms with Gasteiger partial charge in [0.15, 0.2) is 0 Å². The number of benzene rings is 2. The van der Waals surface area contributed by atoms with Crippen molar-refractivity contribution in [3.8, 4) is 23.1 Å². The maximum Gasteiger partial charge on any atom is 0.136 e. The lowest BCUT2D eigenvalue weighted by Gasteiger charge is -2.12. The van der Waals surface area contributed by atoms with Crippen LogP contribution in [0.2, 0.25) is 0 Å². The molecule has 0 saturated heterocycles. The molecule has 0 spiro atoms. The van der Waals surface area contributed by atoms with Gasteiger partial charge >= 0.3 is 0 Å². The molecule has 4 heteroatoms. The Hall–Kier alpha value is -2.77. The molecule has 0 N–H and O–H groups in total. The number of furan rings is 1. The monoisotopic (exact) mass is 306 g/mol. The maximum atomic E-state index is 9.60. The van der Waals surface area contributed by atoms with Crippen molar-refractivity contribution in [2.45, 2.75) is 6.54 Å². The van der Waals surface area contributed by atoms with Crippen LogP contribution < -0.4 is 4.74 Å². The smallest absolute Gasteiger partial charge is 0.136 e. The normalized spacial score (nSPS) is 10.9. The lowest BCUT2D eigenvalue weighted by molar-refractivity contribution is 0.402. The molecule has 0 amide bonds. The average Bonchev–Trinajstić information content (AvgIpc) is 2.96. The van der Waals surface area contributed by atoms with Gasteiger partial charge in [-0.1, -0.05) is 12.1 Å². The van der Waals surface area contributed by atoms with Crippen LogP contribution in [0.1, 0.15) is 11.1 Å². The topological polar surface area (TPSA) is 49.4 Å². The lowest BCUT2D eigenvalue weighted by atomic mass is 9.99. The summed E-state index contributed by atoms with van der Waals surface area (Å²) in [4.78, 5) is 2.05. The molecular formula is C19H18N2O2. The van der Waals surface area contributed by atoms with E-state index < -0.39 is 0 Å². The van der Waals surface area contributed by atoms with E-state index >= 15 is 0 Å². The zero-order valence-electron chi connectivity index (χ0n) is 13.5. The first-order valence-corrected chi connectivity index (χ1v) is 7.37. The number of rotatable bonds is 4. The largest absolute Gasteiger partial charge is 0.497 e. The van der Waals surface area contributed by atoms with Gasteiger partial charge in [-0.05, 0) is 50.0 Å². The summed E-state index contributed by atoms with van der Waals surface area (Å²) in [6, 6.07) is 15.8. The zero-order valence-corrected chi connectivity index (χ0v) is 13.5. The summed E-state index contributed by atoms with van der Waals surface area (Å²) in [5.41, 5.74) is 3.25. The summed E-state index contributed by atoms with van der Waals surface area (Å²) in [7, 11) is 5.61. The molecule has 0 fully saturated rings. The number of hydrogen-bond acceptors (Lipinski definition) is 4. The van der Waals surface area contributed by atoms with E-state index in [0.29, 0.717) is 17.9 Å². The van der Waals surface area contributed by atoms with Crippen LogP contribution in [0.5, 0.6) is 5.75 Å². The third kappa shape index (κ3) is 2.92. The van der Waals surface area contributed by atoms with E-state index in [0.717, 1.165) is 27.8 Å². The van der Waals surface area contributed by atoms with Gasteiger partial charge in [-0.25, -0.2) is 0 Å². The summed E-state index contributed by atoms with van der Waals surface area (Å²) < 4.78 is 11.2. The Kier molecular flexibility index (Phi) is 4.05. The van der Waals surface area contributed by atoms with Crippen LogP contribution in [0.4, 0.5) is 0 Å². The van der Waals surface area contributed by atoms with Crippen molar-refractivity contribution < 1.29 is 9.15 Å². The fourth-order valence-corrected chi connectivity index (χ4v) is 2.69. The van der Waals surface area contributed by atoms with E-state index in [-0.39, 0.29) is 0 Å². The average molecular weight is 306 g/mol. The van der Waals surface area contributed by atoms with E-state index in [9.17, 15) is 5.26 Å². The number of hydrogen-bond donors (Lipinski definition) is 0. The van der Waals surface area contributed by atoms with E-state index in [1.54, 1.807) is 7.11 Å². The molecule has 1 heterocycles. The molecular weight excluding hydrogens is 288 g/mol. The second-order valence-corrected chi connectivity index (χ2v) is 5.70. The third-order valence-electron chi connectivity index (χ3n) is 3.74. The van der Waals surface area contributed by atoms with Crippen molar-refractivity contribution in [3.63, 3.8) is 0 Å². The molecule has 0 saturated carbocycles. The SMILES string of the molecule is COc1ccc2oc(-c3cccc(CN(C)C)c3C#N)cc2c1. The van der Waals surface area contributed by atoms with Crippen LogP contribution >= 0.6 is 0 Å². The summed E-state index contributed by atoms with van der Waals surface area (Å²) in [6.45, 7) is 0.713. The molecule has 0 unspecified atom stereocenters. The number of ether oxygens (including phenoxy) is 1. The van der Waals surface area contributed by atoms with Crippen molar-refractivity contribution in [1.82, 2.24) is 4.90 Å². The highest BCUT2D eigenvalue weighted by Crippen LogP contribution is 2.33. The fourth-order valence-electron chi connectivity index (χ4n) is 2.69. The highest BCUT2D eigenvalue weighted by atomic mass is 16.5. The van der Waals surface area contributed by atoms with Gasteiger partial charge in [-0.15, -0.1) is 0 Å². The minimum absolute atomic E-state index is 0.659. The predicted molar refractivity (Wildman–Crippen MR) is 90.3 cm³/mol. The Morgan fingerprint density at radius 3 is 2.70 bits per heavy atom. The van der Waals surface area contributed by atoms with Gasteiger partial charge in [0.05, 0.1) is 12.7 Å². The summed E-state index contributed by atoms with van der Waals surface area (Å²) in [5, 5.41) is 10.6. The molecule has 116 valence electrons. The highest BCUT2D eigenvalue weighted by molar-refractivity contribution is 5.85. The first-order chi connectivity index (χ1) is 11.1. The van der Waals surface area contributed by atoms with Crippen LogP contribution in [0.15, 0.2) is 46.9 Å². The Balaban J connectivity index is 2.13. The van der Waals surface area contributed by atoms with Gasteiger partial charge in [0.2, 0.25) is 0 Å². The Labute approximate surface area is 135 Å². The highest BCUT2D eigenvalue weighted by Gasteiger charge is 2.14. The summed E-state index contributed by atoms with van der Waals surface area (Å²) >= 11 is 0. The molecule has 4 nitrogen and oxygen atoms in total. The Morgan fingerprint density at radius 2 is 2.00 bits per heavy atom. The zero-order chi connectivity index (χ0) is 16.4. The van der Waals surface area contributed by atoms with Crippen LogP contribution in [-0.2, 0) is 6.54 Å². The summed E-state index contributed by atoms with van der Waals surface area (Å²) in [5.74, 6) is 1.48. The summed E-state index contributed by atoms with van der Waals surface area (Å²) in [6.07, 6.45) is 0.